The van der Waals surface area contributed by atoms with Crippen molar-refractivity contribution in [2.24, 2.45) is 0 Å². The van der Waals surface area contributed by atoms with Gasteiger partial charge in [0.25, 0.3) is 10.1 Å². The zero-order valence-corrected chi connectivity index (χ0v) is 11.0. The quantitative estimate of drug-likeness (QED) is 0.848. The Bertz CT molecular complexity index is 548. The standard InChI is InChI=1S/C7H8O3S.C7H8/c8-11(9,10)6-7-4-2-1-3-5-7;1-7-5-3-2-4-6-7/h1-5H,6H2,(H,8,9,10);2-6H,1H3. The smallest absolute Gasteiger partial charge is 0.269 e. The van der Waals surface area contributed by atoms with E-state index in [1.54, 1.807) is 30.3 Å². The van der Waals surface area contributed by atoms with E-state index < -0.39 is 10.1 Å². The first-order valence-corrected chi connectivity index (χ1v) is 7.09. The molecule has 96 valence electrons. The van der Waals surface area contributed by atoms with E-state index in [2.05, 4.69) is 19.1 Å². The van der Waals surface area contributed by atoms with Gasteiger partial charge in [-0.1, -0.05) is 66.2 Å². The molecule has 0 fully saturated rings. The highest BCUT2D eigenvalue weighted by atomic mass is 32.2. The number of aryl methyl sites for hydroxylation is 1. The molecule has 0 aliphatic carbocycles. The molecular weight excluding hydrogens is 248 g/mol. The molecule has 0 heterocycles. The maximum atomic E-state index is 10.4. The second-order valence-corrected chi connectivity index (χ2v) is 5.32. The molecule has 1 N–H and O–H groups in total. The lowest BCUT2D eigenvalue weighted by Crippen LogP contribution is -2.00. The highest BCUT2D eigenvalue weighted by Crippen LogP contribution is 2.02. The molecule has 2 rings (SSSR count). The normalized spacial score (nSPS) is 10.3. The van der Waals surface area contributed by atoms with Gasteiger partial charge in [-0.15, -0.1) is 0 Å². The number of hydrogen-bond acceptors (Lipinski definition) is 2. The molecule has 2 aromatic rings. The summed E-state index contributed by atoms with van der Waals surface area (Å²) in [4.78, 5) is 0. The fraction of sp³-hybridized carbons (Fsp3) is 0.143. The van der Waals surface area contributed by atoms with Crippen molar-refractivity contribution in [3.8, 4) is 0 Å². The van der Waals surface area contributed by atoms with Gasteiger partial charge in [-0.05, 0) is 12.5 Å². The average molecular weight is 264 g/mol. The van der Waals surface area contributed by atoms with Crippen molar-refractivity contribution >= 4 is 10.1 Å². The highest BCUT2D eigenvalue weighted by molar-refractivity contribution is 7.85. The van der Waals surface area contributed by atoms with Gasteiger partial charge in [-0.25, -0.2) is 0 Å². The lowest BCUT2D eigenvalue weighted by molar-refractivity contribution is 0.482. The van der Waals surface area contributed by atoms with Crippen LogP contribution in [0.4, 0.5) is 0 Å². The van der Waals surface area contributed by atoms with E-state index in [9.17, 15) is 8.42 Å². The molecule has 0 saturated heterocycles. The lowest BCUT2D eigenvalue weighted by Gasteiger charge is -1.95. The van der Waals surface area contributed by atoms with E-state index in [1.807, 2.05) is 18.2 Å². The second kappa shape index (κ2) is 6.93. The molecule has 0 atom stereocenters. The topological polar surface area (TPSA) is 54.4 Å². The summed E-state index contributed by atoms with van der Waals surface area (Å²) in [6, 6.07) is 18.8. The van der Waals surface area contributed by atoms with Crippen LogP contribution in [-0.2, 0) is 15.9 Å². The molecule has 2 aromatic carbocycles. The minimum Gasteiger partial charge on any atom is -0.285 e. The first kappa shape index (κ1) is 14.4. The van der Waals surface area contributed by atoms with Crippen LogP contribution in [0.1, 0.15) is 11.1 Å². The fourth-order valence-corrected chi connectivity index (χ4v) is 1.93. The van der Waals surface area contributed by atoms with Gasteiger partial charge in [-0.3, -0.25) is 4.55 Å². The molecule has 3 nitrogen and oxygen atoms in total. The van der Waals surface area contributed by atoms with Crippen molar-refractivity contribution in [3.63, 3.8) is 0 Å². The molecule has 0 bridgehead atoms. The summed E-state index contributed by atoms with van der Waals surface area (Å²) in [6.45, 7) is 2.08. The Hall–Kier alpha value is -1.65. The molecule has 4 heteroatoms. The maximum Gasteiger partial charge on any atom is 0.269 e. The first-order valence-electron chi connectivity index (χ1n) is 5.48. The highest BCUT2D eigenvalue weighted by Gasteiger charge is 2.04. The van der Waals surface area contributed by atoms with Crippen molar-refractivity contribution in [3.05, 3.63) is 71.8 Å². The van der Waals surface area contributed by atoms with Crippen LogP contribution in [0.15, 0.2) is 60.7 Å². The molecule has 0 aliphatic heterocycles. The summed E-state index contributed by atoms with van der Waals surface area (Å²) in [5, 5.41) is 0. The van der Waals surface area contributed by atoms with Crippen LogP contribution in [0, 0.1) is 6.92 Å². The first-order chi connectivity index (χ1) is 8.47. The molecule has 18 heavy (non-hydrogen) atoms. The van der Waals surface area contributed by atoms with Crippen molar-refractivity contribution < 1.29 is 13.0 Å². The molecule has 0 spiro atoms. The minimum atomic E-state index is -3.88. The maximum absolute atomic E-state index is 10.4. The zero-order chi connectivity index (χ0) is 13.4. The summed E-state index contributed by atoms with van der Waals surface area (Å²) >= 11 is 0. The minimum absolute atomic E-state index is 0.312. The van der Waals surface area contributed by atoms with Crippen molar-refractivity contribution in [2.75, 3.05) is 0 Å². The van der Waals surface area contributed by atoms with Gasteiger partial charge in [-0.2, -0.15) is 8.42 Å². The zero-order valence-electron chi connectivity index (χ0n) is 10.2. The summed E-state index contributed by atoms with van der Waals surface area (Å²) in [5.74, 6) is -0.312. The molecule has 0 amide bonds. The van der Waals surface area contributed by atoms with E-state index in [1.165, 1.54) is 5.56 Å². The Morgan fingerprint density at radius 1 is 0.889 bits per heavy atom. The SMILES string of the molecule is Cc1ccccc1.O=S(=O)(O)Cc1ccccc1. The van der Waals surface area contributed by atoms with Crippen LogP contribution < -0.4 is 0 Å². The van der Waals surface area contributed by atoms with E-state index in [0.717, 1.165) is 0 Å². The lowest BCUT2D eigenvalue weighted by atomic mass is 10.2. The number of rotatable bonds is 2. The fourth-order valence-electron chi connectivity index (χ4n) is 1.32. The van der Waals surface area contributed by atoms with E-state index in [4.69, 9.17) is 4.55 Å². The van der Waals surface area contributed by atoms with Gasteiger partial charge >= 0.3 is 0 Å². The van der Waals surface area contributed by atoms with Gasteiger partial charge in [0.15, 0.2) is 0 Å². The predicted octanol–water partition coefficient (Wildman–Crippen LogP) is 3.07. The molecule has 0 aliphatic rings. The molecular formula is C14H16O3S. The van der Waals surface area contributed by atoms with Crippen LogP contribution in [-0.4, -0.2) is 13.0 Å². The Morgan fingerprint density at radius 2 is 1.33 bits per heavy atom. The van der Waals surface area contributed by atoms with Gasteiger partial charge in [0.05, 0.1) is 0 Å². The molecule has 0 unspecified atom stereocenters. The van der Waals surface area contributed by atoms with Gasteiger partial charge in [0.2, 0.25) is 0 Å². The van der Waals surface area contributed by atoms with Crippen LogP contribution >= 0.6 is 0 Å². The number of benzene rings is 2. The van der Waals surface area contributed by atoms with Crippen LogP contribution in [0.5, 0.6) is 0 Å². The third-order valence-electron chi connectivity index (χ3n) is 2.13. The van der Waals surface area contributed by atoms with Crippen LogP contribution in [0.3, 0.4) is 0 Å². The predicted molar refractivity (Wildman–Crippen MR) is 72.9 cm³/mol. The van der Waals surface area contributed by atoms with Crippen LogP contribution in [0.25, 0.3) is 0 Å². The Balaban J connectivity index is 0.000000199. The van der Waals surface area contributed by atoms with E-state index in [-0.39, 0.29) is 5.75 Å². The van der Waals surface area contributed by atoms with Crippen molar-refractivity contribution in [1.29, 1.82) is 0 Å². The summed E-state index contributed by atoms with van der Waals surface area (Å²) in [7, 11) is -3.88. The monoisotopic (exact) mass is 264 g/mol. The van der Waals surface area contributed by atoms with Gasteiger partial charge < -0.3 is 0 Å². The third-order valence-corrected chi connectivity index (χ3v) is 2.83. The molecule has 0 saturated carbocycles. The number of hydrogen-bond donors (Lipinski definition) is 1. The Kier molecular flexibility index (Phi) is 5.55. The summed E-state index contributed by atoms with van der Waals surface area (Å²) in [5.41, 5.74) is 1.91. The average Bonchev–Trinajstić information content (AvgIpc) is 2.30. The summed E-state index contributed by atoms with van der Waals surface area (Å²) < 4.78 is 29.2. The largest absolute Gasteiger partial charge is 0.285 e. The van der Waals surface area contributed by atoms with Gasteiger partial charge in [0.1, 0.15) is 5.75 Å². The van der Waals surface area contributed by atoms with Crippen LogP contribution in [0.2, 0.25) is 0 Å². The van der Waals surface area contributed by atoms with Crippen molar-refractivity contribution in [1.82, 2.24) is 0 Å². The second-order valence-electron chi connectivity index (χ2n) is 3.87. The summed E-state index contributed by atoms with van der Waals surface area (Å²) in [6.07, 6.45) is 0. The van der Waals surface area contributed by atoms with E-state index in [0.29, 0.717) is 5.56 Å². The Labute approximate surface area is 108 Å². The van der Waals surface area contributed by atoms with Gasteiger partial charge in [0, 0.05) is 0 Å². The third kappa shape index (κ3) is 6.83. The Morgan fingerprint density at radius 3 is 1.67 bits per heavy atom. The molecule has 0 radical (unpaired) electrons. The van der Waals surface area contributed by atoms with E-state index >= 15 is 0 Å². The van der Waals surface area contributed by atoms with Crippen molar-refractivity contribution in [2.45, 2.75) is 12.7 Å². The molecule has 0 aromatic heterocycles.